The number of aryl methyl sites for hydroxylation is 1. The molecular formula is C9H12N2O5S. The maximum Gasteiger partial charge on any atom is 0.278 e. The maximum absolute atomic E-state index is 10.8. The third kappa shape index (κ3) is 3.46. The number of pyridine rings is 1. The first-order chi connectivity index (χ1) is 7.72. The third-order valence-corrected chi connectivity index (χ3v) is 2.71. The summed E-state index contributed by atoms with van der Waals surface area (Å²) in [5.41, 5.74) is 0.925. The summed E-state index contributed by atoms with van der Waals surface area (Å²) in [7, 11) is -3.59. The smallest absolute Gasteiger partial charge is 0.264 e. The van der Waals surface area contributed by atoms with Crippen LogP contribution in [0.15, 0.2) is 6.20 Å². The zero-order chi connectivity index (χ0) is 13.2. The molecule has 17 heavy (non-hydrogen) atoms. The zero-order valence-corrected chi connectivity index (χ0v) is 10.4. The molecule has 94 valence electrons. The summed E-state index contributed by atoms with van der Waals surface area (Å²) in [4.78, 5) is 14.2. The number of nitro groups is 1. The lowest BCUT2D eigenvalue weighted by molar-refractivity contribution is -0.386. The molecule has 0 bridgehead atoms. The summed E-state index contributed by atoms with van der Waals surface area (Å²) in [5, 5.41) is 10.8. The first-order valence-electron chi connectivity index (χ1n) is 4.66. The summed E-state index contributed by atoms with van der Waals surface area (Å²) in [6, 6.07) is 0. The van der Waals surface area contributed by atoms with Crippen molar-refractivity contribution in [3.05, 3.63) is 33.1 Å². The topological polar surface area (TPSA) is 99.4 Å². The van der Waals surface area contributed by atoms with Gasteiger partial charge >= 0.3 is 0 Å². The first kappa shape index (κ1) is 13.5. The highest BCUT2D eigenvalue weighted by atomic mass is 32.2. The van der Waals surface area contributed by atoms with E-state index < -0.39 is 15.0 Å². The molecule has 0 fully saturated rings. The maximum atomic E-state index is 10.8. The van der Waals surface area contributed by atoms with Crippen molar-refractivity contribution in [1.82, 2.24) is 4.98 Å². The van der Waals surface area contributed by atoms with Gasteiger partial charge in [0.15, 0.2) is 0 Å². The van der Waals surface area contributed by atoms with Crippen LogP contribution < -0.4 is 0 Å². The van der Waals surface area contributed by atoms with E-state index in [1.807, 2.05) is 0 Å². The fourth-order valence-electron chi connectivity index (χ4n) is 1.35. The van der Waals surface area contributed by atoms with Gasteiger partial charge in [-0.25, -0.2) is 0 Å². The molecule has 0 unspecified atom stereocenters. The lowest BCUT2D eigenvalue weighted by atomic mass is 10.1. The van der Waals surface area contributed by atoms with Crippen LogP contribution in [0.3, 0.4) is 0 Å². The summed E-state index contributed by atoms with van der Waals surface area (Å²) in [5.74, 6) is 0. The molecule has 0 saturated carbocycles. The minimum atomic E-state index is -3.59. The molecule has 8 heteroatoms. The van der Waals surface area contributed by atoms with Crippen LogP contribution in [-0.4, -0.2) is 24.6 Å². The molecule has 1 aromatic rings. The Morgan fingerprint density at radius 2 is 2.06 bits per heavy atom. The van der Waals surface area contributed by atoms with E-state index in [0.717, 1.165) is 6.26 Å². The summed E-state index contributed by atoms with van der Waals surface area (Å²) in [6.45, 7) is 2.78. The SMILES string of the molecule is Cc1cnc(COS(C)(=O)=O)c(C)c1[N+](=O)[O-]. The van der Waals surface area contributed by atoms with Crippen molar-refractivity contribution >= 4 is 15.8 Å². The standard InChI is InChI=1S/C9H12N2O5S/c1-6-4-10-8(5-16-17(3,14)15)7(2)9(6)11(12)13/h4H,5H2,1-3H3. The quantitative estimate of drug-likeness (QED) is 0.456. The van der Waals surface area contributed by atoms with Gasteiger partial charge in [0.2, 0.25) is 0 Å². The van der Waals surface area contributed by atoms with Gasteiger partial charge < -0.3 is 0 Å². The minimum Gasteiger partial charge on any atom is -0.264 e. The molecule has 0 N–H and O–H groups in total. The van der Waals surface area contributed by atoms with E-state index in [9.17, 15) is 18.5 Å². The Hall–Kier alpha value is -1.54. The third-order valence-electron chi connectivity index (χ3n) is 2.17. The monoisotopic (exact) mass is 260 g/mol. The molecule has 0 amide bonds. The summed E-state index contributed by atoms with van der Waals surface area (Å²) >= 11 is 0. The van der Waals surface area contributed by atoms with Crippen LogP contribution in [0.1, 0.15) is 16.8 Å². The molecule has 0 aromatic carbocycles. The Morgan fingerprint density at radius 1 is 1.47 bits per heavy atom. The lowest BCUT2D eigenvalue weighted by Crippen LogP contribution is -2.07. The number of hydrogen-bond donors (Lipinski definition) is 0. The molecule has 1 rings (SSSR count). The molecular weight excluding hydrogens is 248 g/mol. The van der Waals surface area contributed by atoms with E-state index in [4.69, 9.17) is 0 Å². The van der Waals surface area contributed by atoms with E-state index in [1.54, 1.807) is 6.92 Å². The van der Waals surface area contributed by atoms with E-state index in [2.05, 4.69) is 9.17 Å². The highest BCUT2D eigenvalue weighted by Gasteiger charge is 2.19. The van der Waals surface area contributed by atoms with Crippen LogP contribution >= 0.6 is 0 Å². The summed E-state index contributed by atoms with van der Waals surface area (Å²) < 4.78 is 26.2. The second-order valence-electron chi connectivity index (χ2n) is 3.58. The Bertz CT molecular complexity index is 553. The Balaban J connectivity index is 3.11. The Kier molecular flexibility index (Phi) is 3.79. The second kappa shape index (κ2) is 4.76. The van der Waals surface area contributed by atoms with E-state index in [-0.39, 0.29) is 18.0 Å². The number of aromatic nitrogens is 1. The minimum absolute atomic E-state index is 0.0629. The molecule has 0 aliphatic heterocycles. The van der Waals surface area contributed by atoms with Crippen molar-refractivity contribution in [2.45, 2.75) is 20.5 Å². The fourth-order valence-corrected chi connectivity index (χ4v) is 1.68. The predicted octanol–water partition coefficient (Wildman–Crippen LogP) is 1.08. The number of hydrogen-bond acceptors (Lipinski definition) is 6. The molecule has 0 aliphatic carbocycles. The molecule has 1 heterocycles. The van der Waals surface area contributed by atoms with Gasteiger partial charge in [-0.05, 0) is 13.8 Å². The predicted molar refractivity (Wildman–Crippen MR) is 60.0 cm³/mol. The van der Waals surface area contributed by atoms with Crippen LogP contribution in [0.4, 0.5) is 5.69 Å². The average Bonchev–Trinajstić information content (AvgIpc) is 2.14. The number of rotatable bonds is 4. The fraction of sp³-hybridized carbons (Fsp3) is 0.444. The zero-order valence-electron chi connectivity index (χ0n) is 9.63. The van der Waals surface area contributed by atoms with Gasteiger partial charge in [-0.3, -0.25) is 19.3 Å². The Labute approximate surface area is 98.7 Å². The highest BCUT2D eigenvalue weighted by Crippen LogP contribution is 2.24. The van der Waals surface area contributed by atoms with Crippen LogP contribution in [0.2, 0.25) is 0 Å². The molecule has 0 spiro atoms. The van der Waals surface area contributed by atoms with E-state index in [1.165, 1.54) is 13.1 Å². The lowest BCUT2D eigenvalue weighted by Gasteiger charge is -2.06. The Morgan fingerprint density at radius 3 is 2.53 bits per heavy atom. The number of nitrogens with zero attached hydrogens (tertiary/aromatic N) is 2. The van der Waals surface area contributed by atoms with Gasteiger partial charge in [-0.1, -0.05) is 0 Å². The van der Waals surface area contributed by atoms with Gasteiger partial charge in [0, 0.05) is 11.8 Å². The van der Waals surface area contributed by atoms with Crippen LogP contribution in [-0.2, 0) is 20.9 Å². The van der Waals surface area contributed by atoms with Gasteiger partial charge in [0.1, 0.15) is 6.61 Å². The highest BCUT2D eigenvalue weighted by molar-refractivity contribution is 7.85. The van der Waals surface area contributed by atoms with Crippen molar-refractivity contribution in [2.24, 2.45) is 0 Å². The van der Waals surface area contributed by atoms with Crippen LogP contribution in [0.25, 0.3) is 0 Å². The van der Waals surface area contributed by atoms with Crippen molar-refractivity contribution in [2.75, 3.05) is 6.26 Å². The largest absolute Gasteiger partial charge is 0.278 e. The van der Waals surface area contributed by atoms with E-state index in [0.29, 0.717) is 11.1 Å². The molecule has 1 aromatic heterocycles. The normalized spacial score (nSPS) is 11.5. The van der Waals surface area contributed by atoms with Crippen molar-refractivity contribution < 1.29 is 17.5 Å². The second-order valence-corrected chi connectivity index (χ2v) is 5.23. The molecule has 7 nitrogen and oxygen atoms in total. The van der Waals surface area contributed by atoms with Crippen LogP contribution in [0.5, 0.6) is 0 Å². The molecule has 0 radical (unpaired) electrons. The van der Waals surface area contributed by atoms with Gasteiger partial charge in [-0.2, -0.15) is 8.42 Å². The van der Waals surface area contributed by atoms with Gasteiger partial charge in [0.25, 0.3) is 15.8 Å². The van der Waals surface area contributed by atoms with Crippen molar-refractivity contribution in [3.63, 3.8) is 0 Å². The van der Waals surface area contributed by atoms with Gasteiger partial charge in [-0.15, -0.1) is 0 Å². The van der Waals surface area contributed by atoms with Crippen molar-refractivity contribution in [1.29, 1.82) is 0 Å². The van der Waals surface area contributed by atoms with E-state index >= 15 is 0 Å². The van der Waals surface area contributed by atoms with Crippen LogP contribution in [0, 0.1) is 24.0 Å². The first-order valence-corrected chi connectivity index (χ1v) is 6.48. The average molecular weight is 260 g/mol. The molecule has 0 atom stereocenters. The van der Waals surface area contributed by atoms with Gasteiger partial charge in [0.05, 0.1) is 22.4 Å². The molecule has 0 aliphatic rings. The summed E-state index contributed by atoms with van der Waals surface area (Å²) in [6.07, 6.45) is 2.23. The van der Waals surface area contributed by atoms with Crippen molar-refractivity contribution in [3.8, 4) is 0 Å². The molecule has 0 saturated heterocycles.